The van der Waals surface area contributed by atoms with Gasteiger partial charge in [-0.1, -0.05) is 31.0 Å². The summed E-state index contributed by atoms with van der Waals surface area (Å²) in [5.74, 6) is 0.245. The summed E-state index contributed by atoms with van der Waals surface area (Å²) < 4.78 is 0. The average molecular weight is 447 g/mol. The molecule has 6 nitrogen and oxygen atoms in total. The lowest BCUT2D eigenvalue weighted by Crippen LogP contribution is -2.50. The van der Waals surface area contributed by atoms with Gasteiger partial charge in [-0.2, -0.15) is 0 Å². The highest BCUT2D eigenvalue weighted by Crippen LogP contribution is 2.19. The van der Waals surface area contributed by atoms with Crippen molar-refractivity contribution >= 4 is 42.3 Å². The predicted octanol–water partition coefficient (Wildman–Crippen LogP) is 3.14. The molecule has 166 valence electrons. The van der Waals surface area contributed by atoms with Crippen LogP contribution in [0.15, 0.2) is 18.2 Å². The van der Waals surface area contributed by atoms with Crippen molar-refractivity contribution in [2.24, 2.45) is 5.73 Å². The van der Waals surface area contributed by atoms with Crippen molar-refractivity contribution in [3.8, 4) is 0 Å². The van der Waals surface area contributed by atoms with Crippen LogP contribution in [0, 0.1) is 13.8 Å². The first-order chi connectivity index (χ1) is 13.0. The van der Waals surface area contributed by atoms with E-state index in [4.69, 9.17) is 5.73 Å². The van der Waals surface area contributed by atoms with Crippen molar-refractivity contribution in [2.45, 2.75) is 46.0 Å². The molecule has 0 saturated carbocycles. The number of piperazine rings is 1. The van der Waals surface area contributed by atoms with Gasteiger partial charge in [0.15, 0.2) is 0 Å². The number of benzene rings is 1. The maximum atomic E-state index is 12.4. The normalized spacial score (nSPS) is 14.0. The number of hydrogen-bond acceptors (Lipinski definition) is 4. The molecular formula is C21H36Cl2N4O2. The number of hydrogen-bond donors (Lipinski definition) is 2. The number of para-hydroxylation sites is 1. The summed E-state index contributed by atoms with van der Waals surface area (Å²) in [5, 5.41) is 3.03. The van der Waals surface area contributed by atoms with Gasteiger partial charge in [0.1, 0.15) is 0 Å². The van der Waals surface area contributed by atoms with Crippen LogP contribution in [0.2, 0.25) is 0 Å². The zero-order chi connectivity index (χ0) is 19.6. The molecule has 1 saturated heterocycles. The van der Waals surface area contributed by atoms with Crippen LogP contribution in [0.4, 0.5) is 5.69 Å². The van der Waals surface area contributed by atoms with E-state index in [1.165, 1.54) is 0 Å². The van der Waals surface area contributed by atoms with Crippen LogP contribution in [0.5, 0.6) is 0 Å². The van der Waals surface area contributed by atoms with Crippen LogP contribution in [0.25, 0.3) is 0 Å². The Balaban J connectivity index is 0.00000392. The summed E-state index contributed by atoms with van der Waals surface area (Å²) in [7, 11) is 0. The molecule has 2 rings (SSSR count). The van der Waals surface area contributed by atoms with Crippen molar-refractivity contribution in [1.29, 1.82) is 0 Å². The Morgan fingerprint density at radius 3 is 2.14 bits per heavy atom. The zero-order valence-corrected chi connectivity index (χ0v) is 19.2. The van der Waals surface area contributed by atoms with E-state index < -0.39 is 0 Å². The lowest BCUT2D eigenvalue weighted by Gasteiger charge is -2.34. The van der Waals surface area contributed by atoms with E-state index in [0.717, 1.165) is 62.1 Å². The Kier molecular flexibility index (Phi) is 13.9. The third-order valence-electron chi connectivity index (χ3n) is 5.18. The van der Waals surface area contributed by atoms with Gasteiger partial charge in [-0.3, -0.25) is 14.5 Å². The molecule has 1 aliphatic rings. The highest BCUT2D eigenvalue weighted by atomic mass is 35.5. The molecule has 0 aromatic heterocycles. The predicted molar refractivity (Wildman–Crippen MR) is 124 cm³/mol. The van der Waals surface area contributed by atoms with Crippen molar-refractivity contribution in [2.75, 3.05) is 44.6 Å². The van der Waals surface area contributed by atoms with Crippen molar-refractivity contribution in [3.05, 3.63) is 29.3 Å². The van der Waals surface area contributed by atoms with Gasteiger partial charge in [-0.15, -0.1) is 24.8 Å². The summed E-state index contributed by atoms with van der Waals surface area (Å²) in [6.07, 6.45) is 4.78. The molecule has 29 heavy (non-hydrogen) atoms. The topological polar surface area (TPSA) is 78.7 Å². The van der Waals surface area contributed by atoms with Crippen LogP contribution in [0.1, 0.15) is 43.2 Å². The molecule has 0 radical (unpaired) electrons. The first kappa shape index (κ1) is 27.7. The fraction of sp³-hybridized carbons (Fsp3) is 0.619. The van der Waals surface area contributed by atoms with E-state index in [-0.39, 0.29) is 36.6 Å². The fourth-order valence-electron chi connectivity index (χ4n) is 3.48. The summed E-state index contributed by atoms with van der Waals surface area (Å²) in [5.41, 5.74) is 8.54. The van der Waals surface area contributed by atoms with Gasteiger partial charge in [-0.25, -0.2) is 0 Å². The standard InChI is InChI=1S/C21H34N4O2.2ClH/c1-17-8-7-9-18(2)21(17)23-19(26)16-24-12-14-25(15-13-24)20(27)10-5-3-4-6-11-22;;/h7-9H,3-6,10-16,22H2,1-2H3,(H,23,26);2*1H. The van der Waals surface area contributed by atoms with E-state index >= 15 is 0 Å². The van der Waals surface area contributed by atoms with Crippen LogP contribution < -0.4 is 11.1 Å². The largest absolute Gasteiger partial charge is 0.340 e. The van der Waals surface area contributed by atoms with Crippen LogP contribution in [-0.4, -0.2) is 60.9 Å². The zero-order valence-electron chi connectivity index (χ0n) is 17.6. The van der Waals surface area contributed by atoms with E-state index in [2.05, 4.69) is 10.2 Å². The Hall–Kier alpha value is -1.34. The molecule has 1 aromatic rings. The van der Waals surface area contributed by atoms with Gasteiger partial charge < -0.3 is 16.0 Å². The maximum Gasteiger partial charge on any atom is 0.238 e. The average Bonchev–Trinajstić information content (AvgIpc) is 2.65. The Morgan fingerprint density at radius 1 is 0.966 bits per heavy atom. The van der Waals surface area contributed by atoms with Crippen LogP contribution in [0.3, 0.4) is 0 Å². The van der Waals surface area contributed by atoms with E-state index in [9.17, 15) is 9.59 Å². The maximum absolute atomic E-state index is 12.4. The number of carbonyl (C=O) groups excluding carboxylic acids is 2. The first-order valence-electron chi connectivity index (χ1n) is 10.1. The minimum absolute atomic E-state index is 0. The summed E-state index contributed by atoms with van der Waals surface area (Å²) in [4.78, 5) is 28.7. The number of aryl methyl sites for hydroxylation is 2. The smallest absolute Gasteiger partial charge is 0.238 e. The van der Waals surface area contributed by atoms with Gasteiger partial charge in [0.05, 0.1) is 6.54 Å². The molecule has 1 aromatic carbocycles. The molecule has 1 heterocycles. The van der Waals surface area contributed by atoms with E-state index in [0.29, 0.717) is 26.1 Å². The monoisotopic (exact) mass is 446 g/mol. The molecule has 0 unspecified atom stereocenters. The second-order valence-corrected chi connectivity index (χ2v) is 7.42. The molecule has 1 fully saturated rings. The third-order valence-corrected chi connectivity index (χ3v) is 5.18. The highest BCUT2D eigenvalue weighted by molar-refractivity contribution is 5.93. The van der Waals surface area contributed by atoms with Crippen molar-refractivity contribution < 1.29 is 9.59 Å². The van der Waals surface area contributed by atoms with Crippen molar-refractivity contribution in [3.63, 3.8) is 0 Å². The summed E-state index contributed by atoms with van der Waals surface area (Å²) >= 11 is 0. The Morgan fingerprint density at radius 2 is 1.55 bits per heavy atom. The van der Waals surface area contributed by atoms with Crippen molar-refractivity contribution in [1.82, 2.24) is 9.80 Å². The molecule has 1 aliphatic heterocycles. The van der Waals surface area contributed by atoms with Gasteiger partial charge >= 0.3 is 0 Å². The lowest BCUT2D eigenvalue weighted by atomic mass is 10.1. The molecule has 0 aliphatic carbocycles. The number of carbonyl (C=O) groups is 2. The number of nitrogens with one attached hydrogen (secondary N) is 1. The third kappa shape index (κ3) is 9.34. The number of anilines is 1. The Labute approximate surface area is 187 Å². The number of halogens is 2. The summed E-state index contributed by atoms with van der Waals surface area (Å²) in [6, 6.07) is 6.00. The molecule has 0 spiro atoms. The molecule has 8 heteroatoms. The second kappa shape index (κ2) is 14.6. The van der Waals surface area contributed by atoms with E-state index in [1.54, 1.807) is 0 Å². The van der Waals surface area contributed by atoms with Gasteiger partial charge in [0.2, 0.25) is 11.8 Å². The quantitative estimate of drug-likeness (QED) is 0.570. The number of amides is 2. The number of rotatable bonds is 9. The SMILES string of the molecule is Cc1cccc(C)c1NC(=O)CN1CCN(C(=O)CCCCCCN)CC1.Cl.Cl. The van der Waals surface area contributed by atoms with Crippen LogP contribution in [-0.2, 0) is 9.59 Å². The van der Waals surface area contributed by atoms with Gasteiger partial charge in [-0.05, 0) is 44.4 Å². The molecule has 0 bridgehead atoms. The molecular weight excluding hydrogens is 411 g/mol. The molecule has 3 N–H and O–H groups in total. The van der Waals surface area contributed by atoms with Crippen LogP contribution >= 0.6 is 24.8 Å². The second-order valence-electron chi connectivity index (χ2n) is 7.42. The molecule has 2 amide bonds. The summed E-state index contributed by atoms with van der Waals surface area (Å²) in [6.45, 7) is 8.02. The fourth-order valence-corrected chi connectivity index (χ4v) is 3.48. The Bertz CT molecular complexity index is 615. The minimum atomic E-state index is 0. The van der Waals surface area contributed by atoms with E-state index in [1.807, 2.05) is 36.9 Å². The molecule has 0 atom stereocenters. The van der Waals surface area contributed by atoms with Gasteiger partial charge in [0.25, 0.3) is 0 Å². The van der Waals surface area contributed by atoms with Gasteiger partial charge in [0, 0.05) is 38.3 Å². The number of unbranched alkanes of at least 4 members (excludes halogenated alkanes) is 3. The minimum Gasteiger partial charge on any atom is -0.340 e. The highest BCUT2D eigenvalue weighted by Gasteiger charge is 2.22. The first-order valence-corrected chi connectivity index (χ1v) is 10.1. The lowest BCUT2D eigenvalue weighted by molar-refractivity contribution is -0.133. The number of nitrogens with two attached hydrogens (primary N) is 1. The number of nitrogens with zero attached hydrogens (tertiary/aromatic N) is 2.